The first-order chi connectivity index (χ1) is 30.5. The van der Waals surface area contributed by atoms with Crippen molar-refractivity contribution >= 4 is 13.8 Å². The van der Waals surface area contributed by atoms with Crippen LogP contribution in [0, 0.1) is 0 Å². The van der Waals surface area contributed by atoms with Gasteiger partial charge in [-0.2, -0.15) is 0 Å². The summed E-state index contributed by atoms with van der Waals surface area (Å²) < 4.78 is 34.2. The number of carbonyl (C=O) groups excluding carboxylic acids is 1. The van der Waals surface area contributed by atoms with Gasteiger partial charge in [0, 0.05) is 13.0 Å². The number of ether oxygens (including phenoxy) is 2. The Hall–Kier alpha value is -1.96. The molecule has 6 unspecified atom stereocenters. The number of carbonyl (C=O) groups is 1. The number of phosphoric ester groups is 1. The Morgan fingerprint density at radius 2 is 0.889 bits per heavy atom. The molecule has 366 valence electrons. The number of hydrogen-bond donors (Lipinski definition) is 6. The number of aliphatic hydroxyl groups is 5. The van der Waals surface area contributed by atoms with Crippen molar-refractivity contribution in [1.29, 1.82) is 0 Å². The lowest BCUT2D eigenvalue weighted by molar-refractivity contribution is -0.220. The summed E-state index contributed by atoms with van der Waals surface area (Å²) in [4.78, 5) is 23.2. The molecule has 1 aliphatic carbocycles. The minimum absolute atomic E-state index is 0.0916. The Labute approximate surface area is 381 Å². The normalized spacial score (nSPS) is 22.3. The van der Waals surface area contributed by atoms with Gasteiger partial charge in [0.25, 0.3) is 0 Å². The van der Waals surface area contributed by atoms with Crippen LogP contribution in [0.4, 0.5) is 0 Å². The van der Waals surface area contributed by atoms with Crippen LogP contribution in [-0.2, 0) is 27.9 Å². The topological polar surface area (TPSA) is 192 Å². The van der Waals surface area contributed by atoms with E-state index in [0.717, 1.165) is 96.3 Å². The summed E-state index contributed by atoms with van der Waals surface area (Å²) in [6, 6.07) is 0. The zero-order valence-corrected chi connectivity index (χ0v) is 40.0. The van der Waals surface area contributed by atoms with Gasteiger partial charge in [-0.15, -0.1) is 0 Å². The third-order valence-electron chi connectivity index (χ3n) is 11.1. The zero-order chi connectivity index (χ0) is 46.2. The fourth-order valence-electron chi connectivity index (χ4n) is 7.16. The summed E-state index contributed by atoms with van der Waals surface area (Å²) in [6.07, 6.45) is 38.5. The summed E-state index contributed by atoms with van der Waals surface area (Å²) in [7, 11) is -5.03. The average Bonchev–Trinajstić information content (AvgIpc) is 3.27. The van der Waals surface area contributed by atoms with E-state index in [9.17, 15) is 39.8 Å². The van der Waals surface area contributed by atoms with E-state index < -0.39 is 63.1 Å². The lowest BCUT2D eigenvalue weighted by Gasteiger charge is -2.41. The van der Waals surface area contributed by atoms with Gasteiger partial charge in [0.2, 0.25) is 0 Å². The molecule has 0 amide bonds. The monoisotopic (exact) mass is 913 g/mol. The van der Waals surface area contributed by atoms with Gasteiger partial charge in [-0.1, -0.05) is 158 Å². The first-order valence-corrected chi connectivity index (χ1v) is 26.1. The second-order valence-corrected chi connectivity index (χ2v) is 18.4. The maximum atomic E-state index is 12.8. The molecule has 0 bridgehead atoms. The van der Waals surface area contributed by atoms with E-state index in [1.54, 1.807) is 0 Å². The zero-order valence-electron chi connectivity index (χ0n) is 39.1. The van der Waals surface area contributed by atoms with Gasteiger partial charge in [0.05, 0.1) is 13.2 Å². The van der Waals surface area contributed by atoms with Crippen molar-refractivity contribution in [1.82, 2.24) is 0 Å². The minimum atomic E-state index is -5.03. The molecule has 0 radical (unpaired) electrons. The number of esters is 1. The predicted octanol–water partition coefficient (Wildman–Crippen LogP) is 10.6. The Morgan fingerprint density at radius 1 is 0.508 bits per heavy atom. The van der Waals surface area contributed by atoms with Crippen LogP contribution in [0.3, 0.4) is 0 Å². The van der Waals surface area contributed by atoms with Crippen LogP contribution in [0.5, 0.6) is 0 Å². The molecular formula is C50H89O12P. The molecule has 0 saturated heterocycles. The van der Waals surface area contributed by atoms with Gasteiger partial charge in [0.15, 0.2) is 0 Å². The largest absolute Gasteiger partial charge is 0.472 e. The molecule has 0 spiro atoms. The molecule has 0 aliphatic heterocycles. The molecule has 0 aromatic heterocycles. The lowest BCUT2D eigenvalue weighted by atomic mass is 9.85. The van der Waals surface area contributed by atoms with Crippen molar-refractivity contribution in [2.45, 2.75) is 230 Å². The number of rotatable bonds is 41. The van der Waals surface area contributed by atoms with Gasteiger partial charge in [0.1, 0.15) is 42.7 Å². The third kappa shape index (κ3) is 32.4. The van der Waals surface area contributed by atoms with Crippen molar-refractivity contribution in [2.24, 2.45) is 0 Å². The van der Waals surface area contributed by atoms with Crippen molar-refractivity contribution < 1.29 is 58.3 Å². The smallest absolute Gasteiger partial charge is 0.457 e. The van der Waals surface area contributed by atoms with E-state index in [0.29, 0.717) is 13.0 Å². The molecule has 0 aromatic rings. The predicted molar refractivity (Wildman–Crippen MR) is 253 cm³/mol. The highest BCUT2D eigenvalue weighted by Gasteiger charge is 2.51. The van der Waals surface area contributed by atoms with Crippen molar-refractivity contribution in [3.05, 3.63) is 60.8 Å². The van der Waals surface area contributed by atoms with Gasteiger partial charge < -0.3 is 39.9 Å². The molecule has 6 N–H and O–H groups in total. The highest BCUT2D eigenvalue weighted by atomic mass is 31.2. The van der Waals surface area contributed by atoms with Gasteiger partial charge in [-0.25, -0.2) is 4.57 Å². The minimum Gasteiger partial charge on any atom is -0.457 e. The van der Waals surface area contributed by atoms with Crippen LogP contribution < -0.4 is 0 Å². The second-order valence-electron chi connectivity index (χ2n) is 17.0. The van der Waals surface area contributed by atoms with Crippen LogP contribution in [0.25, 0.3) is 0 Å². The second kappa shape index (κ2) is 40.3. The van der Waals surface area contributed by atoms with E-state index >= 15 is 0 Å². The Balaban J connectivity index is 2.40. The van der Waals surface area contributed by atoms with E-state index in [2.05, 4.69) is 74.6 Å². The van der Waals surface area contributed by atoms with Crippen LogP contribution in [0.2, 0.25) is 0 Å². The van der Waals surface area contributed by atoms with Crippen molar-refractivity contribution in [3.8, 4) is 0 Å². The number of hydrogen-bond acceptors (Lipinski definition) is 11. The molecule has 63 heavy (non-hydrogen) atoms. The van der Waals surface area contributed by atoms with Gasteiger partial charge in [-0.3, -0.25) is 13.8 Å². The molecule has 13 heteroatoms. The molecule has 1 aliphatic rings. The number of phosphoric acid groups is 1. The van der Waals surface area contributed by atoms with Crippen LogP contribution in [0.15, 0.2) is 60.8 Å². The maximum absolute atomic E-state index is 12.8. The highest BCUT2D eigenvalue weighted by molar-refractivity contribution is 7.47. The average molecular weight is 913 g/mol. The fraction of sp³-hybridized carbons (Fsp3) is 0.780. The summed E-state index contributed by atoms with van der Waals surface area (Å²) >= 11 is 0. The molecule has 12 nitrogen and oxygen atoms in total. The van der Waals surface area contributed by atoms with Crippen LogP contribution in [0.1, 0.15) is 187 Å². The van der Waals surface area contributed by atoms with Crippen molar-refractivity contribution in [3.63, 3.8) is 0 Å². The molecule has 6 atom stereocenters. The maximum Gasteiger partial charge on any atom is 0.472 e. The van der Waals surface area contributed by atoms with Crippen molar-refractivity contribution in [2.75, 3.05) is 19.8 Å². The van der Waals surface area contributed by atoms with E-state index in [4.69, 9.17) is 18.5 Å². The van der Waals surface area contributed by atoms with Crippen LogP contribution in [-0.4, -0.2) is 98.9 Å². The molecule has 0 aromatic carbocycles. The standard InChI is InChI=1S/C50H89O12P/c1-3-5-7-9-11-13-15-17-19-21-22-23-25-27-29-31-33-35-37-39-44(51)61-43(42-60-63(57,58)62-50-48(55)46(53)45(52)47(54)49(50)56)41-59-40-38-36-34-32-30-28-26-24-20-18-16-14-12-10-8-6-4-2/h11,13-14,16-17,19-20,22-24,43,45-50,52-56H,3-10,12,15,18,21,25-42H2,1-2H3,(H,57,58)/b13-11-,16-14-,19-17-,23-22-,24-20-. The molecule has 1 fully saturated rings. The van der Waals surface area contributed by atoms with Gasteiger partial charge >= 0.3 is 13.8 Å². The molecular weight excluding hydrogens is 824 g/mol. The highest BCUT2D eigenvalue weighted by Crippen LogP contribution is 2.47. The Kier molecular flexibility index (Phi) is 37.8. The molecule has 1 rings (SSSR count). The van der Waals surface area contributed by atoms with E-state index in [1.807, 2.05) is 0 Å². The quantitative estimate of drug-likeness (QED) is 0.0147. The number of unbranched alkanes of at least 4 members (excludes halogenated alkanes) is 19. The molecule has 0 heterocycles. The van der Waals surface area contributed by atoms with Gasteiger partial charge in [-0.05, 0) is 83.5 Å². The Bertz CT molecular complexity index is 1270. The Morgan fingerprint density at radius 3 is 1.38 bits per heavy atom. The summed E-state index contributed by atoms with van der Waals surface area (Å²) in [5.74, 6) is -0.495. The summed E-state index contributed by atoms with van der Waals surface area (Å²) in [5.41, 5.74) is 0. The first-order valence-electron chi connectivity index (χ1n) is 24.6. The van der Waals surface area contributed by atoms with Crippen LogP contribution >= 0.6 is 7.82 Å². The lowest BCUT2D eigenvalue weighted by Crippen LogP contribution is -2.64. The number of aliphatic hydroxyl groups excluding tert-OH is 5. The number of allylic oxidation sites excluding steroid dienone is 10. The SMILES string of the molecule is CCCCC/C=C\C/C=C\C/C=C\CCCCCCCCC(=O)OC(COCCCCCCCC/C=C\C/C=C\CCCCCC)COP(=O)(O)OC1C(O)C(O)C(O)C(O)C1O. The van der Waals surface area contributed by atoms with E-state index in [1.165, 1.54) is 64.2 Å². The first kappa shape index (κ1) is 59.1. The molecule has 1 saturated carbocycles. The third-order valence-corrected chi connectivity index (χ3v) is 12.1. The summed E-state index contributed by atoms with van der Waals surface area (Å²) in [6.45, 7) is 4.18. The fourth-order valence-corrected chi connectivity index (χ4v) is 8.13. The van der Waals surface area contributed by atoms with E-state index in [-0.39, 0.29) is 13.0 Å². The summed E-state index contributed by atoms with van der Waals surface area (Å²) in [5, 5.41) is 50.2.